The minimum atomic E-state index is -1.19. The molecule has 180 valence electrons. The van der Waals surface area contributed by atoms with E-state index < -0.39 is 23.0 Å². The van der Waals surface area contributed by atoms with Crippen LogP contribution < -0.4 is 5.32 Å². The van der Waals surface area contributed by atoms with Crippen molar-refractivity contribution in [2.45, 2.75) is 39.7 Å². The highest BCUT2D eigenvalue weighted by molar-refractivity contribution is 6.30. The molecule has 0 saturated carbocycles. The molecule has 1 aliphatic rings. The number of nitrogens with zero attached hydrogens (tertiary/aromatic N) is 4. The summed E-state index contributed by atoms with van der Waals surface area (Å²) in [6.07, 6.45) is 0.466. The van der Waals surface area contributed by atoms with Crippen LogP contribution in [-0.2, 0) is 17.8 Å². The lowest BCUT2D eigenvalue weighted by atomic mass is 9.74. The van der Waals surface area contributed by atoms with Gasteiger partial charge in [-0.25, -0.2) is 18.7 Å². The molecule has 0 unspecified atom stereocenters. The van der Waals surface area contributed by atoms with Gasteiger partial charge in [0.25, 0.3) is 0 Å². The summed E-state index contributed by atoms with van der Waals surface area (Å²) in [4.78, 5) is 22.7. The van der Waals surface area contributed by atoms with Crippen molar-refractivity contribution in [1.82, 2.24) is 25.1 Å². The van der Waals surface area contributed by atoms with Crippen LogP contribution in [0.4, 0.5) is 20.5 Å². The molecule has 8 nitrogen and oxygen atoms in total. The van der Waals surface area contributed by atoms with Crippen molar-refractivity contribution in [2.75, 3.05) is 18.4 Å². The minimum absolute atomic E-state index is 0.0407. The number of hydrogen-bond donors (Lipinski definition) is 3. The van der Waals surface area contributed by atoms with E-state index in [4.69, 9.17) is 11.6 Å². The molecule has 0 spiro atoms. The van der Waals surface area contributed by atoms with Crippen LogP contribution in [0, 0.1) is 30.9 Å². The predicted molar refractivity (Wildman–Crippen MR) is 123 cm³/mol. The molecule has 0 radical (unpaired) electrons. The molecule has 1 aromatic carbocycles. The highest BCUT2D eigenvalue weighted by atomic mass is 35.5. The number of piperidine rings is 1. The smallest absolute Gasteiger partial charge is 0.310 e. The Morgan fingerprint density at radius 1 is 1.24 bits per heavy atom. The van der Waals surface area contributed by atoms with Crippen molar-refractivity contribution in [1.29, 1.82) is 0 Å². The molecule has 4 rings (SSSR count). The Morgan fingerprint density at radius 2 is 1.97 bits per heavy atom. The fourth-order valence-corrected chi connectivity index (χ4v) is 4.42. The van der Waals surface area contributed by atoms with Crippen LogP contribution in [0.5, 0.6) is 0 Å². The van der Waals surface area contributed by atoms with Crippen molar-refractivity contribution in [2.24, 2.45) is 5.41 Å². The molecule has 1 fully saturated rings. The third-order valence-corrected chi connectivity index (χ3v) is 6.52. The van der Waals surface area contributed by atoms with Gasteiger partial charge in [-0.3, -0.25) is 14.8 Å². The quantitative estimate of drug-likeness (QED) is 0.450. The maximum absolute atomic E-state index is 14.9. The van der Waals surface area contributed by atoms with Crippen LogP contribution in [0.2, 0.25) is 5.02 Å². The van der Waals surface area contributed by atoms with Gasteiger partial charge in [0, 0.05) is 30.3 Å². The zero-order valence-electron chi connectivity index (χ0n) is 18.8. The molecule has 3 heterocycles. The second kappa shape index (κ2) is 9.63. The van der Waals surface area contributed by atoms with E-state index in [1.54, 1.807) is 18.2 Å². The molecule has 3 aromatic rings. The van der Waals surface area contributed by atoms with E-state index in [1.807, 2.05) is 11.8 Å². The summed E-state index contributed by atoms with van der Waals surface area (Å²) < 4.78 is 29.2. The first-order chi connectivity index (χ1) is 16.2. The number of H-pyrrole nitrogens is 1. The van der Waals surface area contributed by atoms with E-state index in [1.165, 1.54) is 13.0 Å². The lowest BCUT2D eigenvalue weighted by Gasteiger charge is -2.39. The Labute approximate surface area is 200 Å². The molecule has 1 saturated heterocycles. The summed E-state index contributed by atoms with van der Waals surface area (Å²) in [6, 6.07) is 6.58. The van der Waals surface area contributed by atoms with E-state index in [2.05, 4.69) is 25.5 Å². The van der Waals surface area contributed by atoms with Crippen molar-refractivity contribution < 1.29 is 18.7 Å². The van der Waals surface area contributed by atoms with E-state index in [0.717, 1.165) is 5.69 Å². The molecule has 34 heavy (non-hydrogen) atoms. The third-order valence-electron chi connectivity index (χ3n) is 6.23. The number of nitrogens with one attached hydrogen (secondary N) is 2. The number of benzene rings is 1. The molecule has 2 aromatic heterocycles. The fourth-order valence-electron chi connectivity index (χ4n) is 4.23. The van der Waals surface area contributed by atoms with Crippen LogP contribution >= 0.6 is 11.6 Å². The maximum atomic E-state index is 14.9. The predicted octanol–water partition coefficient (Wildman–Crippen LogP) is 4.40. The Balaban J connectivity index is 1.51. The molecule has 3 N–H and O–H groups in total. The van der Waals surface area contributed by atoms with Crippen LogP contribution in [0.25, 0.3) is 0 Å². The van der Waals surface area contributed by atoms with Gasteiger partial charge in [-0.1, -0.05) is 23.7 Å². The summed E-state index contributed by atoms with van der Waals surface area (Å²) in [7, 11) is 0. The lowest BCUT2D eigenvalue weighted by molar-refractivity contribution is -0.152. The molecule has 11 heteroatoms. The standard InChI is InChI=1S/C23H25ClF2N6O2/c1-13-10-18(31-30-13)29-22-27-14(2)19(25)17(28-22)11-23(21(33)34)6-8-32(9-7-23)12-15-4-3-5-16(24)20(15)26/h3-5,10H,6-9,11-12H2,1-2H3,(H,33,34)(H2,27,28,29,30,31). The fraction of sp³-hybridized carbons (Fsp3) is 0.391. The maximum Gasteiger partial charge on any atom is 0.310 e. The van der Waals surface area contributed by atoms with E-state index >= 15 is 0 Å². The van der Waals surface area contributed by atoms with Crippen LogP contribution in [0.15, 0.2) is 24.3 Å². The van der Waals surface area contributed by atoms with Crippen LogP contribution in [-0.4, -0.2) is 49.2 Å². The number of hydrogen-bond acceptors (Lipinski definition) is 6. The molecule has 0 amide bonds. The first-order valence-electron chi connectivity index (χ1n) is 10.9. The molecule has 1 aliphatic heterocycles. The number of likely N-dealkylation sites (tertiary alicyclic amines) is 1. The minimum Gasteiger partial charge on any atom is -0.481 e. The first kappa shape index (κ1) is 24.0. The molecule has 0 aliphatic carbocycles. The van der Waals surface area contributed by atoms with Crippen molar-refractivity contribution in [3.8, 4) is 0 Å². The van der Waals surface area contributed by atoms with Crippen molar-refractivity contribution in [3.05, 3.63) is 63.6 Å². The lowest BCUT2D eigenvalue weighted by Crippen LogP contribution is -2.45. The normalized spacial score (nSPS) is 15.9. The van der Waals surface area contributed by atoms with Gasteiger partial charge in [0.15, 0.2) is 11.6 Å². The number of carboxylic acid groups (broad SMARTS) is 1. The van der Waals surface area contributed by atoms with Crippen LogP contribution in [0.3, 0.4) is 0 Å². The zero-order valence-corrected chi connectivity index (χ0v) is 19.6. The van der Waals surface area contributed by atoms with Gasteiger partial charge >= 0.3 is 5.97 Å². The number of aromatic nitrogens is 4. The first-order valence-corrected chi connectivity index (χ1v) is 11.3. The number of carboxylic acids is 1. The Morgan fingerprint density at radius 3 is 2.62 bits per heavy atom. The third kappa shape index (κ3) is 5.02. The van der Waals surface area contributed by atoms with E-state index in [9.17, 15) is 18.7 Å². The van der Waals surface area contributed by atoms with Crippen molar-refractivity contribution >= 4 is 29.3 Å². The Hall–Kier alpha value is -3.11. The molecular formula is C23H25ClF2N6O2. The van der Waals surface area contributed by atoms with Gasteiger partial charge in [-0.15, -0.1) is 0 Å². The van der Waals surface area contributed by atoms with E-state index in [-0.39, 0.29) is 41.6 Å². The largest absolute Gasteiger partial charge is 0.481 e. The SMILES string of the molecule is Cc1cc(Nc2nc(C)c(F)c(CC3(C(=O)O)CCN(Cc4cccc(Cl)c4F)CC3)n2)n[nH]1. The number of halogens is 3. The highest BCUT2D eigenvalue weighted by Crippen LogP contribution is 2.37. The van der Waals surface area contributed by atoms with Gasteiger partial charge in [0.05, 0.1) is 21.8 Å². The monoisotopic (exact) mass is 490 g/mol. The average molecular weight is 491 g/mol. The molecular weight excluding hydrogens is 466 g/mol. The summed E-state index contributed by atoms with van der Waals surface area (Å²) in [5.41, 5.74) is 0.256. The topological polar surface area (TPSA) is 107 Å². The summed E-state index contributed by atoms with van der Waals surface area (Å²) in [5, 5.41) is 19.9. The second-order valence-electron chi connectivity index (χ2n) is 8.71. The van der Waals surface area contributed by atoms with Gasteiger partial charge in [0.2, 0.25) is 5.95 Å². The van der Waals surface area contributed by atoms with Gasteiger partial charge < -0.3 is 10.4 Å². The number of anilines is 2. The number of aromatic amines is 1. The highest BCUT2D eigenvalue weighted by Gasteiger charge is 2.43. The Kier molecular flexibility index (Phi) is 6.81. The van der Waals surface area contributed by atoms with Crippen molar-refractivity contribution in [3.63, 3.8) is 0 Å². The summed E-state index contributed by atoms with van der Waals surface area (Å²) in [5.74, 6) is -1.47. The van der Waals surface area contributed by atoms with Crippen LogP contribution in [0.1, 0.15) is 35.5 Å². The zero-order chi connectivity index (χ0) is 24.5. The second-order valence-corrected chi connectivity index (χ2v) is 9.11. The molecule has 0 bridgehead atoms. The average Bonchev–Trinajstić information content (AvgIpc) is 3.20. The van der Waals surface area contributed by atoms with Gasteiger partial charge in [-0.2, -0.15) is 5.10 Å². The Bertz CT molecular complexity index is 1210. The number of aryl methyl sites for hydroxylation is 2. The number of carbonyl (C=O) groups is 1. The number of rotatable bonds is 7. The molecule has 0 atom stereocenters. The number of aliphatic carboxylic acids is 1. The summed E-state index contributed by atoms with van der Waals surface area (Å²) >= 11 is 5.87. The van der Waals surface area contributed by atoms with E-state index in [0.29, 0.717) is 31.0 Å². The van der Waals surface area contributed by atoms with Gasteiger partial charge in [-0.05, 0) is 45.8 Å². The van der Waals surface area contributed by atoms with Gasteiger partial charge in [0.1, 0.15) is 5.82 Å². The summed E-state index contributed by atoms with van der Waals surface area (Å²) in [6.45, 7) is 4.50.